The number of hydrogen-bond acceptors (Lipinski definition) is 3. The van der Waals surface area contributed by atoms with E-state index < -0.39 is 6.36 Å². The van der Waals surface area contributed by atoms with E-state index in [4.69, 9.17) is 9.47 Å². The van der Waals surface area contributed by atoms with E-state index in [9.17, 15) is 13.2 Å². The molecule has 1 aromatic carbocycles. The van der Waals surface area contributed by atoms with Crippen molar-refractivity contribution in [2.75, 3.05) is 6.61 Å². The number of hydrogen-bond donors (Lipinski definition) is 0. The van der Waals surface area contributed by atoms with Crippen LogP contribution < -0.4 is 14.2 Å². The molecule has 0 aromatic heterocycles. The summed E-state index contributed by atoms with van der Waals surface area (Å²) in [6.07, 6.45) is 0.530. The lowest BCUT2D eigenvalue weighted by Crippen LogP contribution is -2.21. The Morgan fingerprint density at radius 2 is 1.77 bits per heavy atom. The fourth-order valence-electron chi connectivity index (χ4n) is 2.37. The number of alkyl halides is 3. The zero-order valence-corrected chi connectivity index (χ0v) is 12.4. The van der Waals surface area contributed by atoms with Gasteiger partial charge in [-0.05, 0) is 50.7 Å². The van der Waals surface area contributed by atoms with Crippen LogP contribution in [-0.4, -0.2) is 19.1 Å². The second-order valence-corrected chi connectivity index (χ2v) is 5.99. The topological polar surface area (TPSA) is 27.7 Å². The van der Waals surface area contributed by atoms with E-state index in [0.717, 1.165) is 32.1 Å². The molecule has 2 aliphatic rings. The van der Waals surface area contributed by atoms with Crippen LogP contribution in [0.2, 0.25) is 0 Å². The Bertz CT molecular complexity index is 534. The molecule has 22 heavy (non-hydrogen) atoms. The standard InChI is InChI=1S/C16H19F3O3/c1-10-13(21-12-5-6-12)7-8-14(15(10)22-16(17,18)19)20-9-11-3-2-4-11/h7-8,11-12H,2-6,9H2,1H3. The van der Waals surface area contributed by atoms with E-state index in [2.05, 4.69) is 4.74 Å². The second-order valence-electron chi connectivity index (χ2n) is 5.99. The Balaban J connectivity index is 1.80. The molecule has 1 aromatic rings. The highest BCUT2D eigenvalue weighted by molar-refractivity contribution is 5.53. The molecular formula is C16H19F3O3. The maximum absolute atomic E-state index is 12.7. The minimum Gasteiger partial charge on any atom is -0.490 e. The Kier molecular flexibility index (Phi) is 4.10. The molecule has 2 saturated carbocycles. The van der Waals surface area contributed by atoms with Crippen molar-refractivity contribution in [2.45, 2.75) is 51.5 Å². The molecule has 0 atom stereocenters. The molecule has 3 nitrogen and oxygen atoms in total. The van der Waals surface area contributed by atoms with Crippen molar-refractivity contribution in [3.05, 3.63) is 17.7 Å². The van der Waals surface area contributed by atoms with Crippen molar-refractivity contribution < 1.29 is 27.4 Å². The van der Waals surface area contributed by atoms with Crippen LogP contribution in [-0.2, 0) is 0 Å². The van der Waals surface area contributed by atoms with Gasteiger partial charge in [0, 0.05) is 5.56 Å². The van der Waals surface area contributed by atoms with E-state index >= 15 is 0 Å². The molecule has 0 aliphatic heterocycles. The van der Waals surface area contributed by atoms with Crippen LogP contribution in [0, 0.1) is 12.8 Å². The Morgan fingerprint density at radius 1 is 1.09 bits per heavy atom. The van der Waals surface area contributed by atoms with Gasteiger partial charge in [-0.2, -0.15) is 0 Å². The van der Waals surface area contributed by atoms with Crippen LogP contribution in [0.3, 0.4) is 0 Å². The van der Waals surface area contributed by atoms with E-state index in [1.165, 1.54) is 6.07 Å². The quantitative estimate of drug-likeness (QED) is 0.767. The zero-order valence-electron chi connectivity index (χ0n) is 12.4. The summed E-state index contributed by atoms with van der Waals surface area (Å²) in [7, 11) is 0. The average molecular weight is 316 g/mol. The van der Waals surface area contributed by atoms with Crippen LogP contribution in [0.25, 0.3) is 0 Å². The maximum atomic E-state index is 12.7. The van der Waals surface area contributed by atoms with E-state index in [0.29, 0.717) is 23.8 Å². The highest BCUT2D eigenvalue weighted by Crippen LogP contribution is 2.42. The smallest absolute Gasteiger partial charge is 0.490 e. The first-order chi connectivity index (χ1) is 10.4. The normalized spacial score (nSPS) is 18.7. The lowest BCUT2D eigenvalue weighted by atomic mass is 9.86. The van der Waals surface area contributed by atoms with Gasteiger partial charge >= 0.3 is 6.36 Å². The van der Waals surface area contributed by atoms with Gasteiger partial charge in [-0.3, -0.25) is 0 Å². The molecule has 0 amide bonds. The molecule has 2 aliphatic carbocycles. The third kappa shape index (κ3) is 3.78. The molecule has 0 radical (unpaired) electrons. The van der Waals surface area contributed by atoms with Gasteiger partial charge in [0.25, 0.3) is 0 Å². The van der Waals surface area contributed by atoms with Crippen LogP contribution in [0.5, 0.6) is 17.2 Å². The fourth-order valence-corrected chi connectivity index (χ4v) is 2.37. The molecule has 0 unspecified atom stereocenters. The molecule has 0 heterocycles. The molecule has 0 N–H and O–H groups in total. The molecular weight excluding hydrogens is 297 g/mol. The summed E-state index contributed by atoms with van der Waals surface area (Å²) in [5.74, 6) is 0.703. The van der Waals surface area contributed by atoms with Gasteiger partial charge in [0.2, 0.25) is 0 Å². The lowest BCUT2D eigenvalue weighted by molar-refractivity contribution is -0.275. The SMILES string of the molecule is Cc1c(OC2CC2)ccc(OCC2CCC2)c1OC(F)(F)F. The van der Waals surface area contributed by atoms with Gasteiger partial charge in [-0.15, -0.1) is 13.2 Å². The van der Waals surface area contributed by atoms with E-state index in [1.807, 2.05) is 0 Å². The summed E-state index contributed by atoms with van der Waals surface area (Å²) in [6, 6.07) is 3.16. The average Bonchev–Trinajstić information content (AvgIpc) is 3.17. The predicted octanol–water partition coefficient (Wildman–Crippen LogP) is 4.61. The van der Waals surface area contributed by atoms with Gasteiger partial charge < -0.3 is 14.2 Å². The number of rotatable bonds is 6. The van der Waals surface area contributed by atoms with Crippen LogP contribution >= 0.6 is 0 Å². The highest BCUT2D eigenvalue weighted by Gasteiger charge is 2.35. The minimum absolute atomic E-state index is 0.110. The first-order valence-corrected chi connectivity index (χ1v) is 7.61. The van der Waals surface area contributed by atoms with Crippen LogP contribution in [0.4, 0.5) is 13.2 Å². The number of halogens is 3. The van der Waals surface area contributed by atoms with Gasteiger partial charge in [0.05, 0.1) is 12.7 Å². The molecule has 122 valence electrons. The monoisotopic (exact) mass is 316 g/mol. The maximum Gasteiger partial charge on any atom is 0.573 e. The number of ether oxygens (including phenoxy) is 3. The van der Waals surface area contributed by atoms with Crippen molar-refractivity contribution in [3.8, 4) is 17.2 Å². The van der Waals surface area contributed by atoms with Crippen molar-refractivity contribution in [2.24, 2.45) is 5.92 Å². The van der Waals surface area contributed by atoms with Gasteiger partial charge in [0.15, 0.2) is 11.5 Å². The largest absolute Gasteiger partial charge is 0.573 e. The van der Waals surface area contributed by atoms with Crippen LogP contribution in [0.15, 0.2) is 12.1 Å². The van der Waals surface area contributed by atoms with Crippen molar-refractivity contribution in [1.82, 2.24) is 0 Å². The first-order valence-electron chi connectivity index (χ1n) is 7.61. The van der Waals surface area contributed by atoms with Gasteiger partial charge in [-0.1, -0.05) is 6.42 Å². The van der Waals surface area contributed by atoms with Gasteiger partial charge in [-0.25, -0.2) is 0 Å². The summed E-state index contributed by atoms with van der Waals surface area (Å²) >= 11 is 0. The summed E-state index contributed by atoms with van der Waals surface area (Å²) in [4.78, 5) is 0. The molecule has 2 fully saturated rings. The molecule has 0 spiro atoms. The zero-order chi connectivity index (χ0) is 15.7. The predicted molar refractivity (Wildman–Crippen MR) is 74.3 cm³/mol. The first kappa shape index (κ1) is 15.3. The molecule has 3 rings (SSSR count). The number of benzene rings is 1. The molecule has 0 bridgehead atoms. The summed E-state index contributed by atoms with van der Waals surface area (Å²) in [6.45, 7) is 1.99. The Morgan fingerprint density at radius 3 is 2.32 bits per heavy atom. The molecule has 0 saturated heterocycles. The highest BCUT2D eigenvalue weighted by atomic mass is 19.4. The third-order valence-corrected chi connectivity index (χ3v) is 4.06. The second kappa shape index (κ2) is 5.89. The molecule has 6 heteroatoms. The Hall–Kier alpha value is -1.59. The van der Waals surface area contributed by atoms with Crippen molar-refractivity contribution in [3.63, 3.8) is 0 Å². The lowest BCUT2D eigenvalue weighted by Gasteiger charge is -2.26. The van der Waals surface area contributed by atoms with E-state index in [-0.39, 0.29) is 17.6 Å². The van der Waals surface area contributed by atoms with Crippen molar-refractivity contribution >= 4 is 0 Å². The minimum atomic E-state index is -4.75. The van der Waals surface area contributed by atoms with Gasteiger partial charge in [0.1, 0.15) is 5.75 Å². The third-order valence-electron chi connectivity index (χ3n) is 4.06. The fraction of sp³-hybridized carbons (Fsp3) is 0.625. The van der Waals surface area contributed by atoms with E-state index in [1.54, 1.807) is 13.0 Å². The summed E-state index contributed by atoms with van der Waals surface area (Å²) in [5.41, 5.74) is 0.329. The Labute approximate surface area is 127 Å². The van der Waals surface area contributed by atoms with Crippen molar-refractivity contribution in [1.29, 1.82) is 0 Å². The van der Waals surface area contributed by atoms with Crippen LogP contribution in [0.1, 0.15) is 37.7 Å². The summed E-state index contributed by atoms with van der Waals surface area (Å²) in [5, 5.41) is 0. The summed E-state index contributed by atoms with van der Waals surface area (Å²) < 4.78 is 53.4.